The number of aliphatic hydroxyl groups is 1. The fourth-order valence-electron chi connectivity index (χ4n) is 1.45. The fourth-order valence-corrected chi connectivity index (χ4v) is 1.69. The van der Waals surface area contributed by atoms with Gasteiger partial charge >= 0.3 is 0 Å². The van der Waals surface area contributed by atoms with Crippen LogP contribution in [0.25, 0.3) is 0 Å². The van der Waals surface area contributed by atoms with Gasteiger partial charge in [-0.2, -0.15) is 0 Å². The van der Waals surface area contributed by atoms with Gasteiger partial charge in [-0.15, -0.1) is 0 Å². The number of hydrogen-bond acceptors (Lipinski definition) is 4. The van der Waals surface area contributed by atoms with E-state index in [0.717, 1.165) is 0 Å². The van der Waals surface area contributed by atoms with E-state index in [1.807, 2.05) is 0 Å². The molecule has 1 aromatic rings. The summed E-state index contributed by atoms with van der Waals surface area (Å²) < 4.78 is 0. The summed E-state index contributed by atoms with van der Waals surface area (Å²) in [4.78, 5) is 21.6. The molecule has 0 bridgehead atoms. The van der Waals surface area contributed by atoms with E-state index in [0.29, 0.717) is 18.5 Å². The molecule has 0 fully saturated rings. The van der Waals surface area contributed by atoms with E-state index >= 15 is 0 Å². The number of nitrogens with zero attached hydrogens (tertiary/aromatic N) is 1. The van der Waals surface area contributed by atoms with Crippen molar-refractivity contribution in [3.8, 4) is 0 Å². The molecule has 7 heteroatoms. The number of hydrogen-bond donors (Lipinski definition) is 2. The molecule has 6 nitrogen and oxygen atoms in total. The van der Waals surface area contributed by atoms with Crippen LogP contribution in [0.15, 0.2) is 18.2 Å². The van der Waals surface area contributed by atoms with Gasteiger partial charge in [0.2, 0.25) is 5.91 Å². The van der Waals surface area contributed by atoms with E-state index in [4.69, 9.17) is 16.7 Å². The molecular formula is C12H15ClN2O4. The molecule has 1 atom stereocenters. The second-order valence-corrected chi connectivity index (χ2v) is 4.60. The largest absolute Gasteiger partial charge is 0.393 e. The first-order valence-corrected chi connectivity index (χ1v) is 6.15. The predicted octanol–water partition coefficient (Wildman–Crippen LogP) is 1.68. The maximum absolute atomic E-state index is 11.6. The average molecular weight is 287 g/mol. The number of non-ortho nitro benzene ring substituents is 1. The minimum atomic E-state index is -0.543. The molecule has 0 saturated heterocycles. The molecule has 1 rings (SSSR count). The number of carbonyl (C=O) groups excluding carboxylic acids is 1. The first-order valence-electron chi connectivity index (χ1n) is 5.77. The highest BCUT2D eigenvalue weighted by Gasteiger charge is 2.12. The Hall–Kier alpha value is -1.66. The van der Waals surface area contributed by atoms with Crippen molar-refractivity contribution in [1.29, 1.82) is 0 Å². The van der Waals surface area contributed by atoms with E-state index in [1.165, 1.54) is 18.2 Å². The number of amides is 1. The topological polar surface area (TPSA) is 92.5 Å². The standard InChI is InChI=1S/C12H15ClN2O4/c1-8(16)4-5-14-12(17)6-9-2-3-10(15(18)19)7-11(9)13/h2-3,7-8,16H,4-6H2,1H3,(H,14,17). The molecule has 0 saturated carbocycles. The Balaban J connectivity index is 2.57. The van der Waals surface area contributed by atoms with E-state index in [9.17, 15) is 14.9 Å². The van der Waals surface area contributed by atoms with E-state index < -0.39 is 11.0 Å². The van der Waals surface area contributed by atoms with Gasteiger partial charge in [-0.1, -0.05) is 17.7 Å². The zero-order valence-corrected chi connectivity index (χ0v) is 11.2. The first-order chi connectivity index (χ1) is 8.90. The average Bonchev–Trinajstić information content (AvgIpc) is 2.31. The first kappa shape index (κ1) is 15.4. The highest BCUT2D eigenvalue weighted by Crippen LogP contribution is 2.22. The monoisotopic (exact) mass is 286 g/mol. The van der Waals surface area contributed by atoms with Crippen LogP contribution in [0.3, 0.4) is 0 Å². The summed E-state index contributed by atoms with van der Waals surface area (Å²) in [6.07, 6.45) is 0.0550. The number of benzene rings is 1. The lowest BCUT2D eigenvalue weighted by molar-refractivity contribution is -0.384. The number of nitro groups is 1. The highest BCUT2D eigenvalue weighted by molar-refractivity contribution is 6.31. The molecule has 0 aliphatic heterocycles. The van der Waals surface area contributed by atoms with Gasteiger partial charge in [-0.05, 0) is 18.9 Å². The van der Waals surface area contributed by atoms with Gasteiger partial charge in [0.05, 0.1) is 22.5 Å². The van der Waals surface area contributed by atoms with Crippen LogP contribution in [-0.2, 0) is 11.2 Å². The van der Waals surface area contributed by atoms with Gasteiger partial charge in [0, 0.05) is 18.7 Å². The third-order valence-electron chi connectivity index (χ3n) is 2.48. The smallest absolute Gasteiger partial charge is 0.270 e. The number of nitro benzene ring substituents is 1. The Kier molecular flexibility index (Phi) is 5.72. The third kappa shape index (κ3) is 5.23. The van der Waals surface area contributed by atoms with Crippen molar-refractivity contribution in [3.05, 3.63) is 38.9 Å². The van der Waals surface area contributed by atoms with Gasteiger partial charge in [-0.3, -0.25) is 14.9 Å². The summed E-state index contributed by atoms with van der Waals surface area (Å²) in [5.74, 6) is -0.239. The van der Waals surface area contributed by atoms with Crippen LogP contribution < -0.4 is 5.32 Å². The summed E-state index contributed by atoms with van der Waals surface area (Å²) in [6.45, 7) is 2.01. The molecule has 2 N–H and O–H groups in total. The van der Waals surface area contributed by atoms with Gasteiger partial charge < -0.3 is 10.4 Å². The zero-order valence-electron chi connectivity index (χ0n) is 10.4. The molecule has 0 aliphatic carbocycles. The number of halogens is 1. The molecule has 19 heavy (non-hydrogen) atoms. The maximum atomic E-state index is 11.6. The predicted molar refractivity (Wildman–Crippen MR) is 71.1 cm³/mol. The van der Waals surface area contributed by atoms with Crippen molar-refractivity contribution in [2.24, 2.45) is 0 Å². The zero-order chi connectivity index (χ0) is 14.4. The van der Waals surface area contributed by atoms with E-state index in [2.05, 4.69) is 5.32 Å². The molecule has 1 aromatic carbocycles. The fraction of sp³-hybridized carbons (Fsp3) is 0.417. The molecule has 104 valence electrons. The summed E-state index contributed by atoms with van der Waals surface area (Å²) in [5.41, 5.74) is 0.421. The molecule has 1 amide bonds. The Morgan fingerprint density at radius 2 is 2.26 bits per heavy atom. The van der Waals surface area contributed by atoms with Crippen LogP contribution in [-0.4, -0.2) is 28.6 Å². The molecule has 0 aromatic heterocycles. The van der Waals surface area contributed by atoms with Gasteiger partial charge in [0.15, 0.2) is 0 Å². The Morgan fingerprint density at radius 1 is 1.58 bits per heavy atom. The lowest BCUT2D eigenvalue weighted by atomic mass is 10.1. The van der Waals surface area contributed by atoms with Crippen LogP contribution in [0.2, 0.25) is 5.02 Å². The van der Waals surface area contributed by atoms with Crippen LogP contribution in [0.4, 0.5) is 5.69 Å². The quantitative estimate of drug-likeness (QED) is 0.614. The summed E-state index contributed by atoms with van der Waals surface area (Å²) in [6, 6.07) is 4.00. The summed E-state index contributed by atoms with van der Waals surface area (Å²) in [7, 11) is 0. The number of nitrogens with one attached hydrogen (secondary N) is 1. The van der Waals surface area contributed by atoms with Crippen molar-refractivity contribution in [3.63, 3.8) is 0 Å². The number of aliphatic hydroxyl groups excluding tert-OH is 1. The Bertz CT molecular complexity index is 477. The SMILES string of the molecule is CC(O)CCNC(=O)Cc1ccc([N+](=O)[O-])cc1Cl. The summed E-state index contributed by atoms with van der Waals surface area (Å²) in [5, 5.41) is 22.4. The van der Waals surface area contributed by atoms with Crippen molar-refractivity contribution in [2.75, 3.05) is 6.54 Å². The molecule has 0 radical (unpaired) electrons. The second kappa shape index (κ2) is 7.06. The maximum Gasteiger partial charge on any atom is 0.270 e. The normalized spacial score (nSPS) is 11.9. The van der Waals surface area contributed by atoms with Crippen LogP contribution in [0, 0.1) is 10.1 Å². The molecular weight excluding hydrogens is 272 g/mol. The van der Waals surface area contributed by atoms with Gasteiger partial charge in [-0.25, -0.2) is 0 Å². The van der Waals surface area contributed by atoms with Crippen LogP contribution in [0.5, 0.6) is 0 Å². The second-order valence-electron chi connectivity index (χ2n) is 4.20. The van der Waals surface area contributed by atoms with E-state index in [-0.39, 0.29) is 23.0 Å². The van der Waals surface area contributed by atoms with Gasteiger partial charge in [0.25, 0.3) is 5.69 Å². The van der Waals surface area contributed by atoms with Crippen molar-refractivity contribution in [1.82, 2.24) is 5.32 Å². The summed E-state index contributed by atoms with van der Waals surface area (Å²) >= 11 is 5.88. The Labute approximate surface area is 115 Å². The third-order valence-corrected chi connectivity index (χ3v) is 2.83. The number of carbonyl (C=O) groups is 1. The minimum absolute atomic E-state index is 0.0522. The van der Waals surface area contributed by atoms with E-state index in [1.54, 1.807) is 6.92 Å². The highest BCUT2D eigenvalue weighted by atomic mass is 35.5. The van der Waals surface area contributed by atoms with Gasteiger partial charge in [0.1, 0.15) is 0 Å². The molecule has 0 heterocycles. The van der Waals surface area contributed by atoms with Crippen molar-refractivity contribution < 1.29 is 14.8 Å². The minimum Gasteiger partial charge on any atom is -0.393 e. The van der Waals surface area contributed by atoms with Crippen molar-refractivity contribution in [2.45, 2.75) is 25.9 Å². The molecule has 0 spiro atoms. The molecule has 0 aliphatic rings. The van der Waals surface area contributed by atoms with Crippen molar-refractivity contribution >= 4 is 23.2 Å². The lowest BCUT2D eigenvalue weighted by Gasteiger charge is -2.07. The number of rotatable bonds is 6. The van der Waals surface area contributed by atoms with Crippen LogP contribution in [0.1, 0.15) is 18.9 Å². The van der Waals surface area contributed by atoms with Crippen LogP contribution >= 0.6 is 11.6 Å². The molecule has 1 unspecified atom stereocenters. The Morgan fingerprint density at radius 3 is 2.79 bits per heavy atom. The lowest BCUT2D eigenvalue weighted by Crippen LogP contribution is -2.28.